The van der Waals surface area contributed by atoms with Gasteiger partial charge in [0, 0.05) is 24.5 Å². The zero-order valence-corrected chi connectivity index (χ0v) is 7.21. The second kappa shape index (κ2) is 2.26. The number of fused-ring (bicyclic) bond motifs is 1. The molecule has 0 aliphatic carbocycles. The van der Waals surface area contributed by atoms with Crippen LogP contribution in [0.3, 0.4) is 0 Å². The number of aromatic hydroxyl groups is 1. The van der Waals surface area contributed by atoms with Gasteiger partial charge in [0.15, 0.2) is 9.84 Å². The maximum Gasteiger partial charge on any atom is 0.157 e. The fraction of sp³-hybridized carbons (Fsp3) is 0.429. The highest BCUT2D eigenvalue weighted by molar-refractivity contribution is 7.90. The molecule has 1 aliphatic heterocycles. The Balaban J connectivity index is 2.47. The summed E-state index contributed by atoms with van der Waals surface area (Å²) in [6, 6.07) is 1.50. The van der Waals surface area contributed by atoms with Crippen molar-refractivity contribution < 1.29 is 13.5 Å². The molecule has 2 heterocycles. The quantitative estimate of drug-likeness (QED) is 0.627. The normalized spacial score (nSPS) is 20.3. The van der Waals surface area contributed by atoms with Crippen molar-refractivity contribution in [3.8, 4) is 5.75 Å². The van der Waals surface area contributed by atoms with Crippen LogP contribution in [0.1, 0.15) is 5.69 Å². The summed E-state index contributed by atoms with van der Waals surface area (Å²) < 4.78 is 24.0. The number of sulfone groups is 1. The number of nitrogens with zero attached hydrogens (tertiary/aromatic N) is 1. The van der Waals surface area contributed by atoms with Gasteiger partial charge in [-0.2, -0.15) is 0 Å². The summed E-state index contributed by atoms with van der Waals surface area (Å²) in [5.74, 6) is 0.365. The zero-order chi connectivity index (χ0) is 8.77. The molecule has 0 atom stereocenters. The lowest BCUT2D eigenvalue weighted by molar-refractivity contribution is 0.473. The van der Waals surface area contributed by atoms with Crippen LogP contribution in [-0.2, 0) is 22.1 Å². The second-order valence-corrected chi connectivity index (χ2v) is 5.16. The monoisotopic (exact) mass is 187 g/mol. The third-order valence-electron chi connectivity index (χ3n) is 1.98. The van der Waals surface area contributed by atoms with Gasteiger partial charge < -0.3 is 9.67 Å². The van der Waals surface area contributed by atoms with Gasteiger partial charge in [0.1, 0.15) is 5.75 Å². The predicted molar refractivity (Wildman–Crippen MR) is 43.6 cm³/mol. The Bertz CT molecular complexity index is 404. The van der Waals surface area contributed by atoms with Gasteiger partial charge in [0.2, 0.25) is 0 Å². The van der Waals surface area contributed by atoms with E-state index in [1.54, 1.807) is 10.8 Å². The van der Waals surface area contributed by atoms with Gasteiger partial charge in [0.25, 0.3) is 0 Å². The minimum Gasteiger partial charge on any atom is -0.506 e. The molecular formula is C7H9NO3S. The van der Waals surface area contributed by atoms with Crippen LogP contribution in [0.25, 0.3) is 0 Å². The first-order valence-electron chi connectivity index (χ1n) is 3.65. The maximum atomic E-state index is 11.1. The molecule has 1 aliphatic rings. The lowest BCUT2D eigenvalue weighted by Gasteiger charge is -2.14. The summed E-state index contributed by atoms with van der Waals surface area (Å²) in [7, 11) is -2.91. The van der Waals surface area contributed by atoms with E-state index in [9.17, 15) is 8.42 Å². The molecular weight excluding hydrogens is 178 g/mol. The molecule has 0 bridgehead atoms. The molecule has 1 aromatic rings. The average Bonchev–Trinajstić information content (AvgIpc) is 2.26. The number of aryl methyl sites for hydroxylation is 1. The maximum absolute atomic E-state index is 11.1. The fourth-order valence-electron chi connectivity index (χ4n) is 1.40. The lowest BCUT2D eigenvalue weighted by atomic mass is 10.4. The molecule has 0 aromatic carbocycles. The Morgan fingerprint density at radius 3 is 3.00 bits per heavy atom. The van der Waals surface area contributed by atoms with Gasteiger partial charge in [-0.3, -0.25) is 0 Å². The number of hydrogen-bond donors (Lipinski definition) is 1. The lowest BCUT2D eigenvalue weighted by Crippen LogP contribution is -2.22. The third-order valence-corrected chi connectivity index (χ3v) is 3.52. The third kappa shape index (κ3) is 1.20. The molecule has 1 aromatic heterocycles. The van der Waals surface area contributed by atoms with E-state index in [1.165, 1.54) is 6.07 Å². The van der Waals surface area contributed by atoms with E-state index in [0.717, 1.165) is 0 Å². The van der Waals surface area contributed by atoms with Crippen molar-refractivity contribution in [3.05, 3.63) is 18.0 Å². The first kappa shape index (κ1) is 7.67. The van der Waals surface area contributed by atoms with Crippen LogP contribution in [0.15, 0.2) is 12.3 Å². The van der Waals surface area contributed by atoms with Crippen LogP contribution in [0.2, 0.25) is 0 Å². The van der Waals surface area contributed by atoms with Gasteiger partial charge in [-0.15, -0.1) is 0 Å². The van der Waals surface area contributed by atoms with E-state index in [1.807, 2.05) is 0 Å². The zero-order valence-electron chi connectivity index (χ0n) is 6.40. The van der Waals surface area contributed by atoms with Crippen LogP contribution >= 0.6 is 0 Å². The van der Waals surface area contributed by atoms with E-state index in [2.05, 4.69) is 0 Å². The number of hydrogen-bond acceptors (Lipinski definition) is 3. The first-order valence-corrected chi connectivity index (χ1v) is 5.47. The molecule has 12 heavy (non-hydrogen) atoms. The Kier molecular flexibility index (Phi) is 1.44. The second-order valence-electron chi connectivity index (χ2n) is 2.98. The SMILES string of the molecule is O=S1(=O)CCn2cc(O)cc2C1. The largest absolute Gasteiger partial charge is 0.506 e. The summed E-state index contributed by atoms with van der Waals surface area (Å²) >= 11 is 0. The highest BCUT2D eigenvalue weighted by Crippen LogP contribution is 2.20. The number of rotatable bonds is 0. The van der Waals surface area contributed by atoms with Crippen molar-refractivity contribution in [1.82, 2.24) is 4.57 Å². The minimum absolute atomic E-state index is 0.0492. The number of aromatic nitrogens is 1. The summed E-state index contributed by atoms with van der Waals surface area (Å²) in [6.07, 6.45) is 1.56. The highest BCUT2D eigenvalue weighted by Gasteiger charge is 2.21. The standard InChI is InChI=1S/C7H9NO3S/c9-7-3-6-5-12(10,11)2-1-8(6)4-7/h3-4,9H,1-2,5H2. The van der Waals surface area contributed by atoms with Crippen molar-refractivity contribution in [2.75, 3.05) is 5.75 Å². The molecule has 0 unspecified atom stereocenters. The molecule has 66 valence electrons. The van der Waals surface area contributed by atoms with Crippen molar-refractivity contribution >= 4 is 9.84 Å². The van der Waals surface area contributed by atoms with Gasteiger partial charge in [-0.1, -0.05) is 0 Å². The Morgan fingerprint density at radius 1 is 1.50 bits per heavy atom. The molecule has 2 rings (SSSR count). The smallest absolute Gasteiger partial charge is 0.157 e. The van der Waals surface area contributed by atoms with Crippen LogP contribution in [-0.4, -0.2) is 23.8 Å². The van der Waals surface area contributed by atoms with Gasteiger partial charge >= 0.3 is 0 Å². The molecule has 5 heteroatoms. The first-order chi connectivity index (χ1) is 5.57. The van der Waals surface area contributed by atoms with Crippen LogP contribution < -0.4 is 0 Å². The van der Waals surface area contributed by atoms with E-state index >= 15 is 0 Å². The summed E-state index contributed by atoms with van der Waals surface area (Å²) in [6.45, 7) is 0.457. The molecule has 0 amide bonds. The van der Waals surface area contributed by atoms with E-state index < -0.39 is 9.84 Å². The summed E-state index contributed by atoms with van der Waals surface area (Å²) in [4.78, 5) is 0. The molecule has 1 N–H and O–H groups in total. The molecule has 0 fully saturated rings. The Hall–Kier alpha value is -0.970. The molecule has 0 saturated carbocycles. The van der Waals surface area contributed by atoms with Crippen molar-refractivity contribution in [3.63, 3.8) is 0 Å². The topological polar surface area (TPSA) is 59.3 Å². The summed E-state index contributed by atoms with van der Waals surface area (Å²) in [5.41, 5.74) is 0.679. The van der Waals surface area contributed by atoms with Crippen molar-refractivity contribution in [2.24, 2.45) is 0 Å². The van der Waals surface area contributed by atoms with Crippen LogP contribution in [0, 0.1) is 0 Å². The van der Waals surface area contributed by atoms with Gasteiger partial charge in [-0.25, -0.2) is 8.42 Å². The van der Waals surface area contributed by atoms with Gasteiger partial charge in [0.05, 0.1) is 11.5 Å². The summed E-state index contributed by atoms with van der Waals surface area (Å²) in [5, 5.41) is 9.08. The van der Waals surface area contributed by atoms with E-state index in [-0.39, 0.29) is 17.3 Å². The van der Waals surface area contributed by atoms with Crippen LogP contribution in [0.4, 0.5) is 0 Å². The predicted octanol–water partition coefficient (Wildman–Crippen LogP) is 0.122. The van der Waals surface area contributed by atoms with E-state index in [0.29, 0.717) is 12.2 Å². The van der Waals surface area contributed by atoms with E-state index in [4.69, 9.17) is 5.11 Å². The molecule has 0 spiro atoms. The van der Waals surface area contributed by atoms with Crippen molar-refractivity contribution in [1.29, 1.82) is 0 Å². The molecule has 4 nitrogen and oxygen atoms in total. The van der Waals surface area contributed by atoms with Crippen molar-refractivity contribution in [2.45, 2.75) is 12.3 Å². The Labute approximate surface area is 70.4 Å². The fourth-order valence-corrected chi connectivity index (χ4v) is 2.72. The minimum atomic E-state index is -2.91. The Morgan fingerprint density at radius 2 is 2.25 bits per heavy atom. The average molecular weight is 187 g/mol. The highest BCUT2D eigenvalue weighted by atomic mass is 32.2. The van der Waals surface area contributed by atoms with Crippen LogP contribution in [0.5, 0.6) is 5.75 Å². The molecule has 0 radical (unpaired) electrons. The van der Waals surface area contributed by atoms with Gasteiger partial charge in [-0.05, 0) is 0 Å². The molecule has 0 saturated heterocycles.